The Labute approximate surface area is 200 Å². The van der Waals surface area contributed by atoms with E-state index in [0.717, 1.165) is 56.7 Å². The Morgan fingerprint density at radius 2 is 1.70 bits per heavy atom. The molecule has 1 aromatic carbocycles. The van der Waals surface area contributed by atoms with Crippen molar-refractivity contribution < 1.29 is 19.5 Å². The third-order valence-corrected chi connectivity index (χ3v) is 9.10. The molecule has 0 aromatic heterocycles. The van der Waals surface area contributed by atoms with Crippen LogP contribution in [0.25, 0.3) is 0 Å². The summed E-state index contributed by atoms with van der Waals surface area (Å²) in [5.41, 5.74) is 0.0202. The Balaban J connectivity index is 1.57. The summed E-state index contributed by atoms with van der Waals surface area (Å²) >= 11 is 0.893. The van der Waals surface area contributed by atoms with Crippen LogP contribution in [0.15, 0.2) is 30.3 Å². The molecule has 2 aliphatic carbocycles. The van der Waals surface area contributed by atoms with Crippen molar-refractivity contribution in [2.24, 2.45) is 0 Å². The van der Waals surface area contributed by atoms with Gasteiger partial charge < -0.3 is 14.9 Å². The summed E-state index contributed by atoms with van der Waals surface area (Å²) in [7, 11) is 4.24. The minimum atomic E-state index is -0.809. The third-order valence-electron chi connectivity index (χ3n) is 8.11. The summed E-state index contributed by atoms with van der Waals surface area (Å²) in [5.74, 6) is -0.330. The van der Waals surface area contributed by atoms with Crippen LogP contribution >= 0.6 is 11.8 Å². The normalized spacial score (nSPS) is 28.9. The molecular formula is C25H35N3O4S. The van der Waals surface area contributed by atoms with Gasteiger partial charge in [0.05, 0.1) is 23.6 Å². The van der Waals surface area contributed by atoms with E-state index in [1.807, 2.05) is 11.0 Å². The van der Waals surface area contributed by atoms with Crippen LogP contribution in [0.5, 0.6) is 0 Å². The molecular weight excluding hydrogens is 438 g/mol. The third kappa shape index (κ3) is 4.45. The maximum Gasteiger partial charge on any atom is 0.321 e. The average molecular weight is 474 g/mol. The number of carbonyl (C=O) groups excluding carboxylic acids is 3. The number of hydrogen-bond donors (Lipinski definition) is 1. The van der Waals surface area contributed by atoms with Gasteiger partial charge in [-0.3, -0.25) is 14.5 Å². The largest absolute Gasteiger partial charge is 0.388 e. The van der Waals surface area contributed by atoms with Gasteiger partial charge in [0.2, 0.25) is 5.78 Å². The standard InChI is InChI=1S/C25H35N3O4S/c1-19(29)21(30)33-18-27-16-23(28(22(27)31)17-24(32)10-7-11-24)12-14-25(15-13-23,26(2)3)20-8-5-4-6-9-20/h4-6,8-9,32H,7,10-18H2,1-3H3. The van der Waals surface area contributed by atoms with Crippen LogP contribution in [0.3, 0.4) is 0 Å². The van der Waals surface area contributed by atoms with Gasteiger partial charge in [-0.15, -0.1) is 0 Å². The zero-order chi connectivity index (χ0) is 23.9. The first-order chi connectivity index (χ1) is 15.6. The quantitative estimate of drug-likeness (QED) is 0.613. The van der Waals surface area contributed by atoms with Gasteiger partial charge in [-0.2, -0.15) is 0 Å². The van der Waals surface area contributed by atoms with Crippen molar-refractivity contribution in [2.45, 2.75) is 68.5 Å². The number of amides is 2. The fourth-order valence-electron chi connectivity index (χ4n) is 5.79. The van der Waals surface area contributed by atoms with Gasteiger partial charge in [0.15, 0.2) is 0 Å². The lowest BCUT2D eigenvalue weighted by Gasteiger charge is -2.52. The molecule has 1 aromatic rings. The number of ketones is 1. The lowest BCUT2D eigenvalue weighted by Crippen LogP contribution is -2.59. The second-order valence-corrected chi connectivity index (χ2v) is 11.2. The van der Waals surface area contributed by atoms with E-state index in [2.05, 4.69) is 43.3 Å². The lowest BCUT2D eigenvalue weighted by atomic mass is 9.68. The van der Waals surface area contributed by atoms with E-state index in [0.29, 0.717) is 13.1 Å². The van der Waals surface area contributed by atoms with Crippen LogP contribution in [0.2, 0.25) is 0 Å². The molecule has 0 radical (unpaired) electrons. The predicted molar refractivity (Wildman–Crippen MR) is 129 cm³/mol. The number of thioether (sulfide) groups is 1. The Bertz CT molecular complexity index is 907. The van der Waals surface area contributed by atoms with Crippen LogP contribution in [0.4, 0.5) is 4.79 Å². The topological polar surface area (TPSA) is 81.2 Å². The van der Waals surface area contributed by atoms with Crippen molar-refractivity contribution in [1.82, 2.24) is 14.7 Å². The number of Topliss-reactive ketones (excluding diaryl/α,β-unsaturated/α-hetero) is 1. The minimum absolute atomic E-state index is 0.0959. The number of rotatable bonds is 7. The highest BCUT2D eigenvalue weighted by molar-refractivity contribution is 8.15. The average Bonchev–Trinajstić information content (AvgIpc) is 3.02. The van der Waals surface area contributed by atoms with E-state index in [1.54, 1.807) is 4.90 Å². The maximum atomic E-state index is 13.5. The summed E-state index contributed by atoms with van der Waals surface area (Å²) in [5, 5.41) is 10.4. The first kappa shape index (κ1) is 24.2. The molecule has 33 heavy (non-hydrogen) atoms. The smallest absolute Gasteiger partial charge is 0.321 e. The van der Waals surface area contributed by atoms with Gasteiger partial charge in [-0.05, 0) is 64.6 Å². The Morgan fingerprint density at radius 1 is 1.06 bits per heavy atom. The van der Waals surface area contributed by atoms with Crippen LogP contribution in [0, 0.1) is 0 Å². The van der Waals surface area contributed by atoms with E-state index in [1.165, 1.54) is 12.5 Å². The number of aliphatic hydroxyl groups is 1. The molecule has 0 unspecified atom stereocenters. The number of urea groups is 1. The molecule has 8 heteroatoms. The van der Waals surface area contributed by atoms with Crippen LogP contribution in [-0.4, -0.2) is 80.9 Å². The zero-order valence-corrected chi connectivity index (χ0v) is 20.7. The Hall–Kier alpha value is -1.90. The highest BCUT2D eigenvalue weighted by atomic mass is 32.2. The number of hydrogen-bond acceptors (Lipinski definition) is 6. The summed E-state index contributed by atoms with van der Waals surface area (Å²) in [6.45, 7) is 2.12. The monoisotopic (exact) mass is 473 g/mol. The second-order valence-electron chi connectivity index (χ2n) is 10.3. The first-order valence-corrected chi connectivity index (χ1v) is 12.8. The van der Waals surface area contributed by atoms with Crippen molar-refractivity contribution in [2.75, 3.05) is 33.1 Å². The van der Waals surface area contributed by atoms with Crippen molar-refractivity contribution >= 4 is 28.7 Å². The van der Waals surface area contributed by atoms with Gasteiger partial charge in [0.1, 0.15) is 0 Å². The molecule has 1 aliphatic heterocycles. The first-order valence-electron chi connectivity index (χ1n) is 11.8. The fourth-order valence-corrected chi connectivity index (χ4v) is 6.47. The summed E-state index contributed by atoms with van der Waals surface area (Å²) < 4.78 is 0. The van der Waals surface area contributed by atoms with Gasteiger partial charge in [0.25, 0.3) is 5.12 Å². The highest BCUT2D eigenvalue weighted by Gasteiger charge is 2.56. The molecule has 1 heterocycles. The minimum Gasteiger partial charge on any atom is -0.388 e. The molecule has 0 atom stereocenters. The molecule has 2 amide bonds. The number of benzene rings is 1. The van der Waals surface area contributed by atoms with Crippen molar-refractivity contribution in [3.05, 3.63) is 35.9 Å². The van der Waals surface area contributed by atoms with E-state index < -0.39 is 16.5 Å². The molecule has 1 N–H and O–H groups in total. The maximum absolute atomic E-state index is 13.5. The highest BCUT2D eigenvalue weighted by Crippen LogP contribution is 2.50. The summed E-state index contributed by atoms with van der Waals surface area (Å²) in [4.78, 5) is 42.6. The van der Waals surface area contributed by atoms with Gasteiger partial charge in [-0.1, -0.05) is 42.1 Å². The van der Waals surface area contributed by atoms with Crippen LogP contribution < -0.4 is 0 Å². The van der Waals surface area contributed by atoms with E-state index >= 15 is 0 Å². The number of carbonyl (C=O) groups is 3. The number of β-amino-alcohol motifs (C(OH)–C–C–N with tert-alkyl or cyclic N) is 1. The van der Waals surface area contributed by atoms with Gasteiger partial charge in [0, 0.05) is 19.0 Å². The summed E-state index contributed by atoms with van der Waals surface area (Å²) in [6.07, 6.45) is 5.87. The lowest BCUT2D eigenvalue weighted by molar-refractivity contribution is -0.130. The molecule has 7 nitrogen and oxygen atoms in total. The van der Waals surface area contributed by atoms with Gasteiger partial charge in [-0.25, -0.2) is 4.79 Å². The van der Waals surface area contributed by atoms with Crippen LogP contribution in [-0.2, 0) is 15.1 Å². The van der Waals surface area contributed by atoms with E-state index in [4.69, 9.17) is 0 Å². The van der Waals surface area contributed by atoms with Crippen molar-refractivity contribution in [3.63, 3.8) is 0 Å². The molecule has 4 rings (SSSR count). The molecule has 1 spiro atoms. The molecule has 180 valence electrons. The zero-order valence-electron chi connectivity index (χ0n) is 19.9. The predicted octanol–water partition coefficient (Wildman–Crippen LogP) is 3.22. The van der Waals surface area contributed by atoms with Crippen molar-refractivity contribution in [3.8, 4) is 0 Å². The molecule has 3 aliphatic rings. The Kier molecular flexibility index (Phi) is 6.64. The molecule has 2 saturated carbocycles. The van der Waals surface area contributed by atoms with Gasteiger partial charge >= 0.3 is 6.03 Å². The van der Waals surface area contributed by atoms with E-state index in [9.17, 15) is 19.5 Å². The SMILES string of the molecule is CC(=O)C(=O)SCN1CC2(CCC(c3ccccc3)(N(C)C)CC2)N(CC2(O)CCC2)C1=O. The number of nitrogens with zero attached hydrogens (tertiary/aromatic N) is 3. The van der Waals surface area contributed by atoms with E-state index in [-0.39, 0.29) is 23.0 Å². The molecule has 3 fully saturated rings. The van der Waals surface area contributed by atoms with Crippen molar-refractivity contribution in [1.29, 1.82) is 0 Å². The fraction of sp³-hybridized carbons (Fsp3) is 0.640. The Morgan fingerprint density at radius 3 is 2.21 bits per heavy atom. The molecule has 1 saturated heterocycles. The van der Waals surface area contributed by atoms with Crippen LogP contribution in [0.1, 0.15) is 57.4 Å². The molecule has 0 bridgehead atoms. The second kappa shape index (κ2) is 9.04. The summed E-state index contributed by atoms with van der Waals surface area (Å²) in [6, 6.07) is 10.4.